The molecule has 0 bridgehead atoms. The van der Waals surface area contributed by atoms with Crippen molar-refractivity contribution in [2.45, 2.75) is 19.9 Å². The lowest BCUT2D eigenvalue weighted by atomic mass is 9.95. The van der Waals surface area contributed by atoms with Crippen molar-refractivity contribution in [1.29, 1.82) is 0 Å². The second kappa shape index (κ2) is 10.3. The third-order valence-electron chi connectivity index (χ3n) is 5.72. The molecule has 0 aromatic heterocycles. The monoisotopic (exact) mass is 504 g/mol. The summed E-state index contributed by atoms with van der Waals surface area (Å²) in [5.74, 6) is -1.94. The first kappa shape index (κ1) is 23.9. The normalized spacial score (nSPS) is 17.9. The molecule has 0 spiro atoms. The Morgan fingerprint density at radius 1 is 1.19 bits per heavy atom. The fourth-order valence-corrected chi connectivity index (χ4v) is 4.43. The number of likely N-dealkylation sites (tertiary alicyclic amines) is 1. The SMILES string of the molecule is CCN(CC)CCN1C(=O)C(=O)/C(=C(/O)c2ccc(OC)c(Br)c2)C1c1ccccc1F. The smallest absolute Gasteiger partial charge is 0.295 e. The van der Waals surface area contributed by atoms with Crippen molar-refractivity contribution in [2.75, 3.05) is 33.3 Å². The summed E-state index contributed by atoms with van der Waals surface area (Å²) >= 11 is 3.36. The number of aliphatic hydroxyl groups excluding tert-OH is 1. The molecule has 1 aliphatic rings. The molecule has 3 rings (SSSR count). The summed E-state index contributed by atoms with van der Waals surface area (Å²) < 4.78 is 20.6. The molecule has 0 radical (unpaired) electrons. The van der Waals surface area contributed by atoms with Gasteiger partial charge in [-0.05, 0) is 53.3 Å². The zero-order valence-corrected chi connectivity index (χ0v) is 19.9. The first-order valence-corrected chi connectivity index (χ1v) is 11.2. The van der Waals surface area contributed by atoms with Gasteiger partial charge in [-0.2, -0.15) is 0 Å². The van der Waals surface area contributed by atoms with Gasteiger partial charge in [-0.3, -0.25) is 9.59 Å². The van der Waals surface area contributed by atoms with Gasteiger partial charge in [-0.15, -0.1) is 0 Å². The van der Waals surface area contributed by atoms with Crippen LogP contribution in [0.1, 0.15) is 31.0 Å². The summed E-state index contributed by atoms with van der Waals surface area (Å²) in [5, 5.41) is 11.1. The third kappa shape index (κ3) is 4.56. The van der Waals surface area contributed by atoms with Crippen LogP contribution in [0, 0.1) is 5.82 Å². The van der Waals surface area contributed by atoms with E-state index in [2.05, 4.69) is 20.8 Å². The molecule has 1 fully saturated rings. The number of carbonyl (C=O) groups is 2. The van der Waals surface area contributed by atoms with Gasteiger partial charge in [0.15, 0.2) is 0 Å². The molecule has 1 amide bonds. The Morgan fingerprint density at radius 2 is 1.88 bits per heavy atom. The second-order valence-electron chi connectivity index (χ2n) is 7.39. The molecular formula is C24H26BrFN2O4. The first-order chi connectivity index (χ1) is 15.3. The Balaban J connectivity index is 2.13. The van der Waals surface area contributed by atoms with Gasteiger partial charge in [0.05, 0.1) is 23.2 Å². The highest BCUT2D eigenvalue weighted by Gasteiger charge is 2.46. The highest BCUT2D eigenvalue weighted by Crippen LogP contribution is 2.41. The van der Waals surface area contributed by atoms with Gasteiger partial charge >= 0.3 is 0 Å². The Hall–Kier alpha value is -2.71. The molecule has 8 heteroatoms. The molecule has 1 N–H and O–H groups in total. The van der Waals surface area contributed by atoms with E-state index in [0.717, 1.165) is 13.1 Å². The average Bonchev–Trinajstić information content (AvgIpc) is 3.04. The van der Waals surface area contributed by atoms with E-state index >= 15 is 0 Å². The minimum absolute atomic E-state index is 0.128. The van der Waals surface area contributed by atoms with E-state index in [4.69, 9.17) is 4.74 Å². The zero-order chi connectivity index (χ0) is 23.4. The van der Waals surface area contributed by atoms with Crippen LogP contribution < -0.4 is 4.74 Å². The molecule has 0 saturated carbocycles. The molecule has 32 heavy (non-hydrogen) atoms. The van der Waals surface area contributed by atoms with E-state index in [0.29, 0.717) is 22.3 Å². The molecule has 6 nitrogen and oxygen atoms in total. The van der Waals surface area contributed by atoms with Crippen LogP contribution in [0.3, 0.4) is 0 Å². The van der Waals surface area contributed by atoms with Crippen molar-refractivity contribution in [2.24, 2.45) is 0 Å². The van der Waals surface area contributed by atoms with Crippen LogP contribution in [-0.2, 0) is 9.59 Å². The standard InChI is InChI=1S/C24H26BrFN2O4/c1-4-27(5-2)12-13-28-21(16-8-6-7-9-18(16)26)20(23(30)24(28)31)22(29)15-10-11-19(32-3)17(25)14-15/h6-11,14,21,29H,4-5,12-13H2,1-3H3/b22-20+. The number of methoxy groups -OCH3 is 1. The molecular weight excluding hydrogens is 479 g/mol. The van der Waals surface area contributed by atoms with E-state index in [1.54, 1.807) is 30.3 Å². The van der Waals surface area contributed by atoms with E-state index < -0.39 is 23.5 Å². The number of nitrogens with zero attached hydrogens (tertiary/aromatic N) is 2. The Labute approximate surface area is 195 Å². The number of carbonyl (C=O) groups excluding carboxylic acids is 2. The number of hydrogen-bond acceptors (Lipinski definition) is 5. The largest absolute Gasteiger partial charge is 0.507 e. The quantitative estimate of drug-likeness (QED) is 0.328. The van der Waals surface area contributed by atoms with Crippen molar-refractivity contribution < 1.29 is 23.8 Å². The number of likely N-dealkylation sites (N-methyl/N-ethyl adjacent to an activating group) is 1. The number of hydrogen-bond donors (Lipinski definition) is 1. The van der Waals surface area contributed by atoms with Gasteiger partial charge in [0, 0.05) is 24.2 Å². The fraction of sp³-hybridized carbons (Fsp3) is 0.333. The highest BCUT2D eigenvalue weighted by molar-refractivity contribution is 9.10. The molecule has 1 atom stereocenters. The van der Waals surface area contributed by atoms with Crippen LogP contribution in [0.5, 0.6) is 5.75 Å². The molecule has 0 aliphatic carbocycles. The van der Waals surface area contributed by atoms with Crippen molar-refractivity contribution in [3.63, 3.8) is 0 Å². The number of ether oxygens (including phenoxy) is 1. The predicted molar refractivity (Wildman–Crippen MR) is 124 cm³/mol. The van der Waals surface area contributed by atoms with Crippen LogP contribution in [-0.4, -0.2) is 59.9 Å². The second-order valence-corrected chi connectivity index (χ2v) is 8.24. The average molecular weight is 505 g/mol. The number of rotatable bonds is 8. The predicted octanol–water partition coefficient (Wildman–Crippen LogP) is 4.36. The van der Waals surface area contributed by atoms with Gasteiger partial charge in [-0.1, -0.05) is 32.0 Å². The number of amides is 1. The van der Waals surface area contributed by atoms with Crippen LogP contribution >= 0.6 is 15.9 Å². The lowest BCUT2D eigenvalue weighted by Crippen LogP contribution is -2.38. The minimum atomic E-state index is -1.02. The lowest BCUT2D eigenvalue weighted by molar-refractivity contribution is -0.140. The topological polar surface area (TPSA) is 70.1 Å². The van der Waals surface area contributed by atoms with Gasteiger partial charge in [0.2, 0.25) is 0 Å². The molecule has 170 valence electrons. The number of Topliss-reactive ketones (excluding diaryl/α,β-unsaturated/α-hetero) is 1. The Kier molecular flexibility index (Phi) is 7.69. The van der Waals surface area contributed by atoms with Gasteiger partial charge < -0.3 is 19.6 Å². The number of ketones is 1. The van der Waals surface area contributed by atoms with Crippen LogP contribution in [0.15, 0.2) is 52.5 Å². The van der Waals surface area contributed by atoms with E-state index in [1.165, 1.54) is 24.1 Å². The van der Waals surface area contributed by atoms with Crippen molar-refractivity contribution in [3.05, 3.63) is 69.5 Å². The number of halogens is 2. The van der Waals surface area contributed by atoms with E-state index in [9.17, 15) is 19.1 Å². The fourth-order valence-electron chi connectivity index (χ4n) is 3.89. The molecule has 1 saturated heterocycles. The summed E-state index contributed by atoms with van der Waals surface area (Å²) in [6.07, 6.45) is 0. The number of aliphatic hydroxyl groups is 1. The van der Waals surface area contributed by atoms with Gasteiger partial charge in [0.25, 0.3) is 11.7 Å². The minimum Gasteiger partial charge on any atom is -0.507 e. The van der Waals surface area contributed by atoms with E-state index in [-0.39, 0.29) is 23.4 Å². The molecule has 2 aromatic carbocycles. The Bertz CT molecular complexity index is 1050. The maximum absolute atomic E-state index is 14.8. The molecule has 1 aliphatic heterocycles. The molecule has 1 heterocycles. The van der Waals surface area contributed by atoms with Crippen LogP contribution in [0.25, 0.3) is 5.76 Å². The summed E-state index contributed by atoms with van der Waals surface area (Å²) in [5.41, 5.74) is 0.359. The summed E-state index contributed by atoms with van der Waals surface area (Å²) in [4.78, 5) is 29.5. The first-order valence-electron chi connectivity index (χ1n) is 10.4. The molecule has 2 aromatic rings. The van der Waals surface area contributed by atoms with Crippen molar-refractivity contribution >= 4 is 33.4 Å². The summed E-state index contributed by atoms with van der Waals surface area (Å²) in [6, 6.07) is 9.79. The Morgan fingerprint density at radius 3 is 2.47 bits per heavy atom. The van der Waals surface area contributed by atoms with Gasteiger partial charge in [-0.25, -0.2) is 4.39 Å². The van der Waals surface area contributed by atoms with Crippen molar-refractivity contribution in [3.8, 4) is 5.75 Å². The van der Waals surface area contributed by atoms with E-state index in [1.807, 2.05) is 13.8 Å². The van der Waals surface area contributed by atoms with Crippen molar-refractivity contribution in [1.82, 2.24) is 9.80 Å². The maximum Gasteiger partial charge on any atom is 0.295 e. The zero-order valence-electron chi connectivity index (χ0n) is 18.3. The van der Waals surface area contributed by atoms with Crippen LogP contribution in [0.2, 0.25) is 0 Å². The third-order valence-corrected chi connectivity index (χ3v) is 6.34. The number of benzene rings is 2. The summed E-state index contributed by atoms with van der Waals surface area (Å²) in [6.45, 7) is 6.34. The lowest BCUT2D eigenvalue weighted by Gasteiger charge is -2.28. The van der Waals surface area contributed by atoms with Crippen LogP contribution in [0.4, 0.5) is 4.39 Å². The van der Waals surface area contributed by atoms with Gasteiger partial charge in [0.1, 0.15) is 17.3 Å². The molecule has 1 unspecified atom stereocenters. The maximum atomic E-state index is 14.8. The highest BCUT2D eigenvalue weighted by atomic mass is 79.9. The summed E-state index contributed by atoms with van der Waals surface area (Å²) in [7, 11) is 1.51.